The quantitative estimate of drug-likeness (QED) is 0.306. The maximum Gasteiger partial charge on any atom is 0.265 e. The van der Waals surface area contributed by atoms with Gasteiger partial charge in [0.25, 0.3) is 5.91 Å². The maximum atomic E-state index is 13.5. The third-order valence-corrected chi connectivity index (χ3v) is 4.75. The van der Waals surface area contributed by atoms with Gasteiger partial charge in [-0.15, -0.1) is 0 Å². The summed E-state index contributed by atoms with van der Waals surface area (Å²) in [5.74, 6) is -1.42. The summed E-state index contributed by atoms with van der Waals surface area (Å²) in [6.45, 7) is 3.49. The van der Waals surface area contributed by atoms with Gasteiger partial charge in [0.15, 0.2) is 0 Å². The van der Waals surface area contributed by atoms with Crippen molar-refractivity contribution in [2.24, 2.45) is 0 Å². The van der Waals surface area contributed by atoms with Crippen LogP contribution in [0.2, 0.25) is 0 Å². The van der Waals surface area contributed by atoms with E-state index in [0.717, 1.165) is 6.07 Å². The molecule has 2 aromatic heterocycles. The topological polar surface area (TPSA) is 132 Å². The average Bonchev–Trinajstić information content (AvgIpc) is 3.25. The normalized spacial score (nSPS) is 10.4. The van der Waals surface area contributed by atoms with E-state index in [0.29, 0.717) is 28.1 Å². The smallest absolute Gasteiger partial charge is 0.265 e. The Morgan fingerprint density at radius 1 is 1.20 bits per heavy atom. The number of nitrogen functional groups attached to an aromatic ring is 1. The van der Waals surface area contributed by atoms with Gasteiger partial charge in [0.1, 0.15) is 41.2 Å². The predicted molar refractivity (Wildman–Crippen MR) is 123 cm³/mol. The molecule has 0 fully saturated rings. The summed E-state index contributed by atoms with van der Waals surface area (Å²) in [6.07, 6.45) is 4.35. The number of aromatic nitrogens is 4. The number of benzene rings is 2. The molecular formula is C24H17F2N7O2. The van der Waals surface area contributed by atoms with Crippen molar-refractivity contribution in [3.63, 3.8) is 0 Å². The minimum Gasteiger partial charge on any atom is -0.438 e. The van der Waals surface area contributed by atoms with Gasteiger partial charge in [-0.25, -0.2) is 18.7 Å². The van der Waals surface area contributed by atoms with Gasteiger partial charge in [0.05, 0.1) is 18.3 Å². The average molecular weight is 473 g/mol. The molecule has 2 heterocycles. The highest BCUT2D eigenvalue weighted by atomic mass is 19.1. The zero-order valence-corrected chi connectivity index (χ0v) is 18.1. The Morgan fingerprint density at radius 3 is 2.71 bits per heavy atom. The van der Waals surface area contributed by atoms with Crippen LogP contribution >= 0.6 is 0 Å². The minimum absolute atomic E-state index is 0.119. The molecule has 0 saturated heterocycles. The Labute approximate surface area is 198 Å². The summed E-state index contributed by atoms with van der Waals surface area (Å²) < 4.78 is 34.4. The number of nitrogens with two attached hydrogens (primary N) is 1. The second-order valence-electron chi connectivity index (χ2n) is 7.32. The Balaban J connectivity index is 1.59. The fourth-order valence-electron chi connectivity index (χ4n) is 3.21. The number of ether oxygens (including phenoxy) is 1. The van der Waals surface area contributed by atoms with Crippen molar-refractivity contribution in [1.82, 2.24) is 19.7 Å². The number of nitrogens with one attached hydrogen (secondary N) is 1. The van der Waals surface area contributed by atoms with Gasteiger partial charge in [-0.2, -0.15) is 10.4 Å². The lowest BCUT2D eigenvalue weighted by atomic mass is 10.1. The van der Waals surface area contributed by atoms with Crippen LogP contribution < -0.4 is 15.8 Å². The number of nitrogens with zero attached hydrogens (tertiary/aromatic N) is 5. The van der Waals surface area contributed by atoms with Crippen molar-refractivity contribution in [2.45, 2.75) is 6.54 Å². The first-order valence-corrected chi connectivity index (χ1v) is 10.1. The second-order valence-corrected chi connectivity index (χ2v) is 7.32. The SMILES string of the molecule is C=C(C#N)C(=O)Nc1cccc(Oc2ncnc(N)c2-c2cnn(Cc3cc(F)cc(F)c3)c2)c1. The molecule has 174 valence electrons. The summed E-state index contributed by atoms with van der Waals surface area (Å²) in [5, 5.41) is 15.6. The van der Waals surface area contributed by atoms with Gasteiger partial charge in [-0.3, -0.25) is 9.48 Å². The lowest BCUT2D eigenvalue weighted by Crippen LogP contribution is -2.12. The summed E-state index contributed by atoms with van der Waals surface area (Å²) >= 11 is 0. The first-order valence-electron chi connectivity index (χ1n) is 10.1. The van der Waals surface area contributed by atoms with E-state index in [1.165, 1.54) is 35.4 Å². The van der Waals surface area contributed by atoms with Crippen molar-refractivity contribution in [2.75, 3.05) is 11.1 Å². The van der Waals surface area contributed by atoms with Gasteiger partial charge in [-0.1, -0.05) is 12.6 Å². The maximum absolute atomic E-state index is 13.5. The van der Waals surface area contributed by atoms with Gasteiger partial charge < -0.3 is 15.8 Å². The first-order chi connectivity index (χ1) is 16.8. The molecule has 0 spiro atoms. The highest BCUT2D eigenvalue weighted by molar-refractivity contribution is 6.06. The van der Waals surface area contributed by atoms with E-state index in [1.807, 2.05) is 0 Å². The fourth-order valence-corrected chi connectivity index (χ4v) is 3.21. The highest BCUT2D eigenvalue weighted by Gasteiger charge is 2.17. The number of carbonyl (C=O) groups excluding carboxylic acids is 1. The third kappa shape index (κ3) is 5.45. The van der Waals surface area contributed by atoms with Crippen molar-refractivity contribution < 1.29 is 18.3 Å². The predicted octanol–water partition coefficient (Wildman–Crippen LogP) is 4.06. The molecular weight excluding hydrogens is 456 g/mol. The lowest BCUT2D eigenvalue weighted by Gasteiger charge is -2.11. The molecule has 0 aliphatic rings. The van der Waals surface area contributed by atoms with E-state index >= 15 is 0 Å². The van der Waals surface area contributed by atoms with Crippen LogP contribution in [-0.4, -0.2) is 25.7 Å². The summed E-state index contributed by atoms with van der Waals surface area (Å²) in [6, 6.07) is 11.3. The van der Waals surface area contributed by atoms with Crippen molar-refractivity contribution in [1.29, 1.82) is 5.26 Å². The van der Waals surface area contributed by atoms with Gasteiger partial charge in [-0.05, 0) is 29.8 Å². The lowest BCUT2D eigenvalue weighted by molar-refractivity contribution is -0.112. The zero-order valence-electron chi connectivity index (χ0n) is 18.1. The molecule has 0 bridgehead atoms. The van der Waals surface area contributed by atoms with Crippen LogP contribution in [0.3, 0.4) is 0 Å². The van der Waals surface area contributed by atoms with E-state index in [2.05, 4.69) is 27.0 Å². The number of rotatable bonds is 7. The molecule has 0 unspecified atom stereocenters. The van der Waals surface area contributed by atoms with Gasteiger partial charge >= 0.3 is 0 Å². The number of nitriles is 1. The molecule has 35 heavy (non-hydrogen) atoms. The molecule has 3 N–H and O–H groups in total. The number of amides is 1. The Kier molecular flexibility index (Phi) is 6.46. The molecule has 0 aliphatic carbocycles. The van der Waals surface area contributed by atoms with E-state index in [1.54, 1.807) is 30.5 Å². The number of anilines is 2. The summed E-state index contributed by atoms with van der Waals surface area (Å²) in [4.78, 5) is 20.1. The Morgan fingerprint density at radius 2 is 1.97 bits per heavy atom. The van der Waals surface area contributed by atoms with Crippen LogP contribution in [0.4, 0.5) is 20.3 Å². The standard InChI is InChI=1S/C24H17F2N7O2/c1-14(9-27)23(34)32-19-3-2-4-20(8-19)35-24-21(22(28)29-13-30-24)16-10-31-33(12-16)11-15-5-17(25)7-18(26)6-15/h2-8,10,12-13H,1,11H2,(H,32,34)(H2,28,29,30). The van der Waals surface area contributed by atoms with Crippen LogP contribution in [0.1, 0.15) is 5.56 Å². The third-order valence-electron chi connectivity index (χ3n) is 4.75. The molecule has 9 nitrogen and oxygen atoms in total. The molecule has 4 rings (SSSR count). The Hall–Kier alpha value is -5.11. The summed E-state index contributed by atoms with van der Waals surface area (Å²) in [5.41, 5.74) is 7.50. The number of carbonyl (C=O) groups is 1. The molecule has 2 aromatic carbocycles. The van der Waals surface area contributed by atoms with Crippen molar-refractivity contribution in [3.8, 4) is 28.8 Å². The largest absolute Gasteiger partial charge is 0.438 e. The first kappa shape index (κ1) is 23.1. The molecule has 11 heteroatoms. The van der Waals surface area contributed by atoms with Gasteiger partial charge in [0, 0.05) is 29.6 Å². The van der Waals surface area contributed by atoms with E-state index in [4.69, 9.17) is 15.7 Å². The number of hydrogen-bond acceptors (Lipinski definition) is 7. The molecule has 0 atom stereocenters. The number of halogens is 2. The van der Waals surface area contributed by atoms with Crippen LogP contribution in [0, 0.1) is 23.0 Å². The van der Waals surface area contributed by atoms with Crippen LogP contribution in [-0.2, 0) is 11.3 Å². The summed E-state index contributed by atoms with van der Waals surface area (Å²) in [7, 11) is 0. The molecule has 0 saturated carbocycles. The highest BCUT2D eigenvalue weighted by Crippen LogP contribution is 2.35. The van der Waals surface area contributed by atoms with Crippen molar-refractivity contribution in [3.05, 3.63) is 90.5 Å². The second kappa shape index (κ2) is 9.80. The van der Waals surface area contributed by atoms with Crippen LogP contribution in [0.25, 0.3) is 11.1 Å². The fraction of sp³-hybridized carbons (Fsp3) is 0.0417. The zero-order chi connectivity index (χ0) is 24.9. The minimum atomic E-state index is -0.681. The number of hydrogen-bond donors (Lipinski definition) is 2. The Bertz CT molecular complexity index is 1460. The monoisotopic (exact) mass is 473 g/mol. The van der Waals surface area contributed by atoms with Crippen molar-refractivity contribution >= 4 is 17.4 Å². The molecule has 4 aromatic rings. The molecule has 0 radical (unpaired) electrons. The van der Waals surface area contributed by atoms with E-state index in [-0.39, 0.29) is 23.8 Å². The molecule has 1 amide bonds. The van der Waals surface area contributed by atoms with Crippen LogP contribution in [0.15, 0.2) is 73.3 Å². The molecule has 0 aliphatic heterocycles. The van der Waals surface area contributed by atoms with Gasteiger partial charge in [0.2, 0.25) is 5.88 Å². The van der Waals surface area contributed by atoms with E-state index in [9.17, 15) is 13.6 Å². The van der Waals surface area contributed by atoms with Crippen LogP contribution in [0.5, 0.6) is 11.6 Å². The van der Waals surface area contributed by atoms with E-state index < -0.39 is 17.5 Å².